The van der Waals surface area contributed by atoms with E-state index in [2.05, 4.69) is 26.3 Å². The van der Waals surface area contributed by atoms with Crippen molar-refractivity contribution in [3.8, 4) is 0 Å². The van der Waals surface area contributed by atoms with Crippen LogP contribution in [0.2, 0.25) is 0 Å². The van der Waals surface area contributed by atoms with Crippen LogP contribution in [0.3, 0.4) is 0 Å². The number of para-hydroxylation sites is 1. The zero-order valence-electron chi connectivity index (χ0n) is 26.2. The smallest absolute Gasteiger partial charge is 0.305 e. The maximum atomic E-state index is 13.9. The molecule has 6 N–H and O–H groups in total. The first-order valence-electron chi connectivity index (χ1n) is 15.7. The highest BCUT2D eigenvalue weighted by atomic mass is 16.4. The van der Waals surface area contributed by atoms with E-state index >= 15 is 0 Å². The Bertz CT molecular complexity index is 1440. The number of carboxylic acid groups (broad SMARTS) is 1. The van der Waals surface area contributed by atoms with Gasteiger partial charge < -0.3 is 36.3 Å². The molecule has 1 aromatic carbocycles. The zero-order chi connectivity index (χ0) is 32.8. The number of hydrogen-bond donors (Lipinski definition) is 6. The van der Waals surface area contributed by atoms with Crippen LogP contribution in [0.4, 0.5) is 0 Å². The molecule has 0 unspecified atom stereocenters. The van der Waals surface area contributed by atoms with Gasteiger partial charge in [-0.3, -0.25) is 28.8 Å². The van der Waals surface area contributed by atoms with Crippen molar-refractivity contribution in [2.75, 3.05) is 6.54 Å². The van der Waals surface area contributed by atoms with Gasteiger partial charge in [0.2, 0.25) is 29.5 Å². The van der Waals surface area contributed by atoms with Crippen LogP contribution in [0.15, 0.2) is 30.5 Å². The summed E-state index contributed by atoms with van der Waals surface area (Å²) in [6.45, 7) is 7.68. The number of carbonyl (C=O) groups is 6. The van der Waals surface area contributed by atoms with Crippen LogP contribution in [-0.4, -0.2) is 87.2 Å². The number of nitrogens with zero attached hydrogens (tertiary/aromatic N) is 1. The van der Waals surface area contributed by atoms with E-state index in [0.717, 1.165) is 16.5 Å². The third kappa shape index (κ3) is 8.00. The monoisotopic (exact) mass is 624 g/mol. The van der Waals surface area contributed by atoms with Crippen LogP contribution in [0.25, 0.3) is 10.9 Å². The third-order valence-corrected chi connectivity index (χ3v) is 8.70. The van der Waals surface area contributed by atoms with Crippen molar-refractivity contribution in [2.24, 2.45) is 11.8 Å². The van der Waals surface area contributed by atoms with E-state index in [0.29, 0.717) is 19.3 Å². The van der Waals surface area contributed by atoms with Gasteiger partial charge in [-0.1, -0.05) is 52.3 Å². The minimum Gasteiger partial charge on any atom is -0.481 e. The van der Waals surface area contributed by atoms with Crippen LogP contribution < -0.4 is 21.3 Å². The first kappa shape index (κ1) is 33.5. The number of rotatable bonds is 8. The number of amides is 5. The van der Waals surface area contributed by atoms with Crippen molar-refractivity contribution < 1.29 is 33.9 Å². The number of aliphatic carboxylic acids is 1. The molecule has 4 rings (SSSR count). The number of aromatic nitrogens is 1. The van der Waals surface area contributed by atoms with Gasteiger partial charge >= 0.3 is 5.97 Å². The van der Waals surface area contributed by atoms with Crippen LogP contribution in [0, 0.1) is 11.8 Å². The molecule has 1 aromatic heterocycles. The van der Waals surface area contributed by atoms with Gasteiger partial charge in [-0.2, -0.15) is 0 Å². The molecule has 0 radical (unpaired) electrons. The van der Waals surface area contributed by atoms with E-state index in [-0.39, 0.29) is 31.2 Å². The van der Waals surface area contributed by atoms with Crippen LogP contribution in [-0.2, 0) is 35.2 Å². The number of hydrogen-bond acceptors (Lipinski definition) is 6. The molecule has 2 fully saturated rings. The Morgan fingerprint density at radius 2 is 1.58 bits per heavy atom. The molecule has 2 aliphatic heterocycles. The zero-order valence-corrected chi connectivity index (χ0v) is 26.2. The van der Waals surface area contributed by atoms with Gasteiger partial charge in [0.1, 0.15) is 30.2 Å². The molecular formula is C32H44N6O7. The van der Waals surface area contributed by atoms with Crippen molar-refractivity contribution in [1.82, 2.24) is 31.2 Å². The van der Waals surface area contributed by atoms with E-state index in [1.165, 1.54) is 4.90 Å². The molecular weight excluding hydrogens is 580 g/mol. The number of fused-ring (bicyclic) bond motifs is 2. The second-order valence-corrected chi connectivity index (χ2v) is 12.5. The number of benzene rings is 1. The number of carboxylic acids is 1. The van der Waals surface area contributed by atoms with Crippen molar-refractivity contribution in [3.05, 3.63) is 36.0 Å². The third-order valence-electron chi connectivity index (χ3n) is 8.70. The quantitative estimate of drug-likeness (QED) is 0.254. The lowest BCUT2D eigenvalue weighted by Gasteiger charge is -2.31. The summed E-state index contributed by atoms with van der Waals surface area (Å²) < 4.78 is 0. The molecule has 0 spiro atoms. The minimum absolute atomic E-state index is 0.00900. The molecule has 45 heavy (non-hydrogen) atoms. The maximum absolute atomic E-state index is 13.9. The Kier molecular flexibility index (Phi) is 10.8. The van der Waals surface area contributed by atoms with Gasteiger partial charge in [-0.15, -0.1) is 0 Å². The first-order valence-corrected chi connectivity index (χ1v) is 15.7. The number of carbonyl (C=O) groups excluding carboxylic acids is 5. The summed E-state index contributed by atoms with van der Waals surface area (Å²) in [5.41, 5.74) is 1.55. The maximum Gasteiger partial charge on any atom is 0.305 e. The van der Waals surface area contributed by atoms with E-state index in [1.54, 1.807) is 6.20 Å². The van der Waals surface area contributed by atoms with E-state index < -0.39 is 72.1 Å². The van der Waals surface area contributed by atoms with E-state index in [9.17, 15) is 33.9 Å². The predicted molar refractivity (Wildman–Crippen MR) is 166 cm³/mol. The molecule has 5 amide bonds. The van der Waals surface area contributed by atoms with Crippen molar-refractivity contribution in [3.63, 3.8) is 0 Å². The number of nitrogens with one attached hydrogen (secondary N) is 5. The Morgan fingerprint density at radius 3 is 2.27 bits per heavy atom. The summed E-state index contributed by atoms with van der Waals surface area (Å²) in [5, 5.41) is 21.5. The van der Waals surface area contributed by atoms with Crippen LogP contribution in [0.1, 0.15) is 65.4 Å². The average molecular weight is 625 g/mol. The normalized spacial score (nSPS) is 25.9. The highest BCUT2D eigenvalue weighted by Crippen LogP contribution is 2.22. The number of H-pyrrole nitrogens is 1. The second-order valence-electron chi connectivity index (χ2n) is 12.5. The Balaban J connectivity index is 1.77. The molecule has 2 saturated heterocycles. The molecule has 0 bridgehead atoms. The lowest BCUT2D eigenvalue weighted by Crippen LogP contribution is -2.59. The molecule has 13 nitrogen and oxygen atoms in total. The molecule has 0 saturated carbocycles. The SMILES string of the molecule is CC[C@@H](C)[C@H]1NC(=O)[C@@H]2CCCN2C(=O)[C@H](CC(=O)O)NC(=O)[C@H](Cc2c[nH]c3ccccc23)NC(=O)[C@H](CC(C)C)NC1=O. The largest absolute Gasteiger partial charge is 0.481 e. The highest BCUT2D eigenvalue weighted by molar-refractivity contribution is 5.99. The summed E-state index contributed by atoms with van der Waals surface area (Å²) in [5.74, 6) is -4.77. The molecule has 2 aliphatic rings. The molecule has 2 aromatic rings. The molecule has 6 atom stereocenters. The summed E-state index contributed by atoms with van der Waals surface area (Å²) in [6, 6.07) is 1.82. The van der Waals surface area contributed by atoms with Crippen molar-refractivity contribution in [1.29, 1.82) is 0 Å². The molecule has 244 valence electrons. The lowest BCUT2D eigenvalue weighted by atomic mass is 9.96. The summed E-state index contributed by atoms with van der Waals surface area (Å²) in [4.78, 5) is 84.9. The Labute approximate surface area is 262 Å². The van der Waals surface area contributed by atoms with Gasteiger partial charge in [0.25, 0.3) is 0 Å². The first-order chi connectivity index (χ1) is 21.4. The second kappa shape index (κ2) is 14.6. The number of aromatic amines is 1. The van der Waals surface area contributed by atoms with E-state index in [4.69, 9.17) is 0 Å². The fraction of sp³-hybridized carbons (Fsp3) is 0.562. The van der Waals surface area contributed by atoms with Gasteiger partial charge in [0, 0.05) is 30.1 Å². The van der Waals surface area contributed by atoms with Crippen LogP contribution >= 0.6 is 0 Å². The Hall–Kier alpha value is -4.42. The molecule has 3 heterocycles. The van der Waals surface area contributed by atoms with E-state index in [1.807, 2.05) is 52.0 Å². The van der Waals surface area contributed by atoms with Gasteiger partial charge in [-0.05, 0) is 42.7 Å². The van der Waals surface area contributed by atoms with Crippen LogP contribution in [0.5, 0.6) is 0 Å². The summed E-state index contributed by atoms with van der Waals surface area (Å²) >= 11 is 0. The molecule has 13 heteroatoms. The van der Waals surface area contributed by atoms with Crippen molar-refractivity contribution in [2.45, 2.75) is 96.4 Å². The summed E-state index contributed by atoms with van der Waals surface area (Å²) in [6.07, 6.45) is 2.67. The fourth-order valence-corrected chi connectivity index (χ4v) is 6.07. The van der Waals surface area contributed by atoms with Gasteiger partial charge in [0.15, 0.2) is 0 Å². The fourth-order valence-electron chi connectivity index (χ4n) is 6.07. The minimum atomic E-state index is -1.48. The molecule has 0 aliphatic carbocycles. The van der Waals surface area contributed by atoms with Gasteiger partial charge in [-0.25, -0.2) is 0 Å². The lowest BCUT2D eigenvalue weighted by molar-refractivity contribution is -0.146. The van der Waals surface area contributed by atoms with Gasteiger partial charge in [0.05, 0.1) is 6.42 Å². The topological polar surface area (TPSA) is 190 Å². The Morgan fingerprint density at radius 1 is 0.911 bits per heavy atom. The highest BCUT2D eigenvalue weighted by Gasteiger charge is 2.41. The average Bonchev–Trinajstić information content (AvgIpc) is 3.65. The standard InChI is InChI=1S/C32H44N6O7/c1-5-18(4)27-31(44)35-22(13-17(2)3)28(41)34-23(14-19-16-33-21-10-7-6-9-20(19)21)29(42)36-24(15-26(39)40)32(45)38-12-8-11-25(38)30(43)37-27/h6-7,9-10,16-18,22-25,27,33H,5,8,11-15H2,1-4H3,(H,34,41)(H,35,44)(H,36,42)(H,37,43)(H,39,40)/t18-,22+,23+,24+,25+,27-/m1/s1. The van der Waals surface area contributed by atoms with Crippen molar-refractivity contribution >= 4 is 46.4 Å². The summed E-state index contributed by atoms with van der Waals surface area (Å²) in [7, 11) is 0. The predicted octanol–water partition coefficient (Wildman–Crippen LogP) is 1.22.